The quantitative estimate of drug-likeness (QED) is 0.590. The lowest BCUT2D eigenvalue weighted by molar-refractivity contribution is 0.101. The fourth-order valence-electron chi connectivity index (χ4n) is 1.21. The van der Waals surface area contributed by atoms with Gasteiger partial charge in [0.1, 0.15) is 0 Å². The maximum atomic E-state index is 11.0. The molecule has 1 rings (SSSR count). The number of Topliss-reactive ketones (excluding diaryl/α,β-unsaturated/α-hetero) is 1. The average Bonchev–Trinajstić information content (AvgIpc) is 2.18. The molecule has 0 atom stereocenters. The Labute approximate surface area is 83.9 Å². The largest absolute Gasteiger partial charge is 0.295 e. The molecule has 1 aromatic carbocycles. The van der Waals surface area contributed by atoms with Gasteiger partial charge in [-0.25, -0.2) is 0 Å². The SMILES string of the molecule is CCCN(O)c1ccc(C(C)=O)cc1. The van der Waals surface area contributed by atoms with Crippen LogP contribution in [0.5, 0.6) is 0 Å². The molecular formula is C11H15NO2. The second kappa shape index (κ2) is 4.77. The van der Waals surface area contributed by atoms with E-state index >= 15 is 0 Å². The molecular weight excluding hydrogens is 178 g/mol. The van der Waals surface area contributed by atoms with Crippen molar-refractivity contribution in [2.75, 3.05) is 11.6 Å². The molecule has 0 saturated carbocycles. The summed E-state index contributed by atoms with van der Waals surface area (Å²) >= 11 is 0. The highest BCUT2D eigenvalue weighted by Crippen LogP contribution is 2.13. The van der Waals surface area contributed by atoms with Crippen molar-refractivity contribution in [2.24, 2.45) is 0 Å². The summed E-state index contributed by atoms with van der Waals surface area (Å²) in [7, 11) is 0. The Kier molecular flexibility index (Phi) is 3.65. The molecule has 0 amide bonds. The molecule has 3 nitrogen and oxygen atoms in total. The molecule has 0 aliphatic carbocycles. The third-order valence-electron chi connectivity index (χ3n) is 2.01. The maximum Gasteiger partial charge on any atom is 0.159 e. The highest BCUT2D eigenvalue weighted by atomic mass is 16.5. The van der Waals surface area contributed by atoms with Crippen molar-refractivity contribution in [3.63, 3.8) is 0 Å². The van der Waals surface area contributed by atoms with Gasteiger partial charge >= 0.3 is 0 Å². The fourth-order valence-corrected chi connectivity index (χ4v) is 1.21. The first-order valence-electron chi connectivity index (χ1n) is 4.72. The van der Waals surface area contributed by atoms with Crippen LogP contribution in [-0.4, -0.2) is 17.5 Å². The zero-order valence-corrected chi connectivity index (χ0v) is 8.53. The van der Waals surface area contributed by atoms with Gasteiger partial charge in [-0.3, -0.25) is 15.1 Å². The normalized spacial score (nSPS) is 9.93. The van der Waals surface area contributed by atoms with Crippen molar-refractivity contribution in [3.05, 3.63) is 29.8 Å². The van der Waals surface area contributed by atoms with Gasteiger partial charge in [-0.05, 0) is 37.6 Å². The van der Waals surface area contributed by atoms with Crippen molar-refractivity contribution >= 4 is 11.5 Å². The standard InChI is InChI=1S/C11H15NO2/c1-3-8-12(14)11-6-4-10(5-7-11)9(2)13/h4-7,14H,3,8H2,1-2H3. The van der Waals surface area contributed by atoms with Gasteiger partial charge < -0.3 is 0 Å². The number of ketones is 1. The highest BCUT2D eigenvalue weighted by Gasteiger charge is 2.02. The van der Waals surface area contributed by atoms with Gasteiger partial charge in [-0.15, -0.1) is 0 Å². The molecule has 0 bridgehead atoms. The van der Waals surface area contributed by atoms with Gasteiger partial charge in [0.2, 0.25) is 0 Å². The lowest BCUT2D eigenvalue weighted by Gasteiger charge is -2.15. The van der Waals surface area contributed by atoms with Crippen LogP contribution in [0.1, 0.15) is 30.6 Å². The van der Waals surface area contributed by atoms with E-state index in [1.165, 1.54) is 12.0 Å². The Morgan fingerprint density at radius 3 is 2.36 bits per heavy atom. The number of rotatable bonds is 4. The van der Waals surface area contributed by atoms with E-state index in [0.717, 1.165) is 12.1 Å². The smallest absolute Gasteiger partial charge is 0.159 e. The molecule has 76 valence electrons. The minimum absolute atomic E-state index is 0.0385. The van der Waals surface area contributed by atoms with Crippen LogP contribution in [0.3, 0.4) is 0 Å². The predicted molar refractivity (Wildman–Crippen MR) is 55.9 cm³/mol. The topological polar surface area (TPSA) is 40.5 Å². The van der Waals surface area contributed by atoms with Gasteiger partial charge in [0.15, 0.2) is 5.78 Å². The van der Waals surface area contributed by atoms with Crippen molar-refractivity contribution in [1.29, 1.82) is 0 Å². The van der Waals surface area contributed by atoms with E-state index in [9.17, 15) is 10.0 Å². The lowest BCUT2D eigenvalue weighted by atomic mass is 10.1. The summed E-state index contributed by atoms with van der Waals surface area (Å²) in [5.41, 5.74) is 1.38. The zero-order valence-electron chi connectivity index (χ0n) is 8.53. The van der Waals surface area contributed by atoms with Gasteiger partial charge in [-0.2, -0.15) is 0 Å². The van der Waals surface area contributed by atoms with Crippen LogP contribution in [0.25, 0.3) is 0 Å². The van der Waals surface area contributed by atoms with E-state index in [2.05, 4.69) is 0 Å². The van der Waals surface area contributed by atoms with Crippen LogP contribution in [0.2, 0.25) is 0 Å². The molecule has 0 aliphatic rings. The van der Waals surface area contributed by atoms with Crippen LogP contribution < -0.4 is 5.06 Å². The van der Waals surface area contributed by atoms with Crippen LogP contribution in [0.4, 0.5) is 5.69 Å². The zero-order chi connectivity index (χ0) is 10.6. The fraction of sp³-hybridized carbons (Fsp3) is 0.364. The van der Waals surface area contributed by atoms with Crippen molar-refractivity contribution in [2.45, 2.75) is 20.3 Å². The first kappa shape index (κ1) is 10.7. The molecule has 0 radical (unpaired) electrons. The van der Waals surface area contributed by atoms with Gasteiger partial charge in [0.25, 0.3) is 0 Å². The number of hydrogen-bond donors (Lipinski definition) is 1. The summed E-state index contributed by atoms with van der Waals surface area (Å²) in [6, 6.07) is 6.92. The van der Waals surface area contributed by atoms with Crippen molar-refractivity contribution < 1.29 is 10.0 Å². The van der Waals surface area contributed by atoms with E-state index in [1.54, 1.807) is 24.3 Å². The second-order valence-electron chi connectivity index (χ2n) is 3.23. The summed E-state index contributed by atoms with van der Waals surface area (Å²) in [5.74, 6) is 0.0385. The number of carbonyl (C=O) groups excluding carboxylic acids is 1. The Morgan fingerprint density at radius 2 is 1.93 bits per heavy atom. The summed E-state index contributed by atoms with van der Waals surface area (Å²) in [5, 5.41) is 10.7. The summed E-state index contributed by atoms with van der Waals surface area (Å²) < 4.78 is 0. The Balaban J connectivity index is 2.77. The molecule has 14 heavy (non-hydrogen) atoms. The van der Waals surface area contributed by atoms with Crippen molar-refractivity contribution in [3.8, 4) is 0 Å². The Hall–Kier alpha value is -1.35. The first-order chi connectivity index (χ1) is 6.65. The molecule has 0 fully saturated rings. The minimum Gasteiger partial charge on any atom is -0.295 e. The molecule has 1 aromatic rings. The van der Waals surface area contributed by atoms with E-state index in [0.29, 0.717) is 12.1 Å². The van der Waals surface area contributed by atoms with Crippen LogP contribution in [0, 0.1) is 0 Å². The summed E-state index contributed by atoms with van der Waals surface area (Å²) in [6.07, 6.45) is 0.880. The van der Waals surface area contributed by atoms with Crippen LogP contribution >= 0.6 is 0 Å². The maximum absolute atomic E-state index is 11.0. The second-order valence-corrected chi connectivity index (χ2v) is 3.23. The minimum atomic E-state index is 0.0385. The predicted octanol–water partition coefficient (Wildman–Crippen LogP) is 2.49. The molecule has 0 heterocycles. The summed E-state index contributed by atoms with van der Waals surface area (Å²) in [6.45, 7) is 4.12. The Morgan fingerprint density at radius 1 is 1.36 bits per heavy atom. The molecule has 3 heteroatoms. The van der Waals surface area contributed by atoms with Crippen molar-refractivity contribution in [1.82, 2.24) is 0 Å². The monoisotopic (exact) mass is 193 g/mol. The van der Waals surface area contributed by atoms with E-state index in [1.807, 2.05) is 6.92 Å². The summed E-state index contributed by atoms with van der Waals surface area (Å²) in [4.78, 5) is 11.0. The van der Waals surface area contributed by atoms with Crippen LogP contribution in [-0.2, 0) is 0 Å². The number of nitrogens with zero attached hydrogens (tertiary/aromatic N) is 1. The molecule has 1 N–H and O–H groups in total. The van der Waals surface area contributed by atoms with Gasteiger partial charge in [-0.1, -0.05) is 6.92 Å². The highest BCUT2D eigenvalue weighted by molar-refractivity contribution is 5.94. The lowest BCUT2D eigenvalue weighted by Crippen LogP contribution is -2.18. The van der Waals surface area contributed by atoms with Gasteiger partial charge in [0, 0.05) is 12.1 Å². The Bertz CT molecular complexity index is 306. The van der Waals surface area contributed by atoms with E-state index < -0.39 is 0 Å². The van der Waals surface area contributed by atoms with E-state index in [-0.39, 0.29) is 5.78 Å². The average molecular weight is 193 g/mol. The number of hydroxylamine groups is 1. The number of hydrogen-bond acceptors (Lipinski definition) is 3. The van der Waals surface area contributed by atoms with E-state index in [4.69, 9.17) is 0 Å². The third-order valence-corrected chi connectivity index (χ3v) is 2.01. The third kappa shape index (κ3) is 2.57. The molecule has 0 aromatic heterocycles. The van der Waals surface area contributed by atoms with Crippen LogP contribution in [0.15, 0.2) is 24.3 Å². The molecule has 0 saturated heterocycles. The number of carbonyl (C=O) groups is 1. The molecule has 0 aliphatic heterocycles. The first-order valence-corrected chi connectivity index (χ1v) is 4.72. The molecule has 0 unspecified atom stereocenters. The molecule has 0 spiro atoms. The number of benzene rings is 1. The number of anilines is 1. The van der Waals surface area contributed by atoms with Gasteiger partial charge in [0.05, 0.1) is 5.69 Å².